The van der Waals surface area contributed by atoms with Gasteiger partial charge in [-0.2, -0.15) is 0 Å². The molecule has 4 nitrogen and oxygen atoms in total. The van der Waals surface area contributed by atoms with Crippen LogP contribution in [0.25, 0.3) is 0 Å². The fourth-order valence-corrected chi connectivity index (χ4v) is 3.31. The number of benzene rings is 1. The summed E-state index contributed by atoms with van der Waals surface area (Å²) in [4.78, 5) is 2.13. The third-order valence-electron chi connectivity index (χ3n) is 3.54. The zero-order valence-corrected chi connectivity index (χ0v) is 11.7. The molecule has 0 amide bonds. The molecule has 0 bridgehead atoms. The van der Waals surface area contributed by atoms with E-state index in [0.717, 1.165) is 5.69 Å². The normalized spacial score (nSPS) is 20.7. The predicted molar refractivity (Wildman–Crippen MR) is 74.8 cm³/mol. The quantitative estimate of drug-likeness (QED) is 0.895. The van der Waals surface area contributed by atoms with Crippen LogP contribution in [0.3, 0.4) is 0 Å². The molecule has 1 saturated heterocycles. The van der Waals surface area contributed by atoms with Gasteiger partial charge >= 0.3 is 0 Å². The Labute approximate surface area is 109 Å². The first-order valence-corrected chi connectivity index (χ1v) is 8.06. The Morgan fingerprint density at radius 1 is 1.17 bits per heavy atom. The zero-order valence-electron chi connectivity index (χ0n) is 10.9. The molecule has 1 unspecified atom stereocenters. The molecule has 1 aromatic rings. The van der Waals surface area contributed by atoms with Gasteiger partial charge in [0.25, 0.3) is 0 Å². The maximum absolute atomic E-state index is 11.4. The summed E-state index contributed by atoms with van der Waals surface area (Å²) in [5, 5.41) is 3.20. The molecule has 1 aliphatic heterocycles. The molecular formula is C13H20N2O2S. The van der Waals surface area contributed by atoms with Crippen molar-refractivity contribution in [2.75, 3.05) is 36.5 Å². The standard InChI is InChI=1S/C13H20N2O2S/c1-11(14-2)12-3-5-13(6-4-12)15-7-9-18(16,17)10-8-15/h3-6,11,14H,7-10H2,1-2H3. The molecule has 0 aromatic heterocycles. The van der Waals surface area contributed by atoms with Gasteiger partial charge in [0.2, 0.25) is 0 Å². The van der Waals surface area contributed by atoms with E-state index in [9.17, 15) is 8.42 Å². The number of nitrogens with one attached hydrogen (secondary N) is 1. The molecule has 5 heteroatoms. The van der Waals surface area contributed by atoms with E-state index in [4.69, 9.17) is 0 Å². The van der Waals surface area contributed by atoms with Gasteiger partial charge in [0, 0.05) is 24.8 Å². The summed E-state index contributed by atoms with van der Waals surface area (Å²) in [6, 6.07) is 8.67. The van der Waals surface area contributed by atoms with Crippen LogP contribution in [0.2, 0.25) is 0 Å². The van der Waals surface area contributed by atoms with Gasteiger partial charge in [-0.3, -0.25) is 0 Å². The second kappa shape index (κ2) is 5.28. The first-order chi connectivity index (χ1) is 8.52. The second-order valence-electron chi connectivity index (χ2n) is 4.74. The third kappa shape index (κ3) is 3.03. The van der Waals surface area contributed by atoms with E-state index in [1.165, 1.54) is 5.56 Å². The lowest BCUT2D eigenvalue weighted by Gasteiger charge is -2.29. The average molecular weight is 268 g/mol. The van der Waals surface area contributed by atoms with Crippen molar-refractivity contribution in [2.24, 2.45) is 0 Å². The second-order valence-corrected chi connectivity index (χ2v) is 7.04. The maximum atomic E-state index is 11.4. The number of hydrogen-bond acceptors (Lipinski definition) is 4. The van der Waals surface area contributed by atoms with Crippen LogP contribution in [0.1, 0.15) is 18.5 Å². The lowest BCUT2D eigenvalue weighted by Crippen LogP contribution is -2.40. The number of sulfone groups is 1. The van der Waals surface area contributed by atoms with E-state index in [0.29, 0.717) is 19.1 Å². The van der Waals surface area contributed by atoms with Gasteiger partial charge in [-0.1, -0.05) is 12.1 Å². The number of nitrogens with zero attached hydrogens (tertiary/aromatic N) is 1. The number of rotatable bonds is 3. The van der Waals surface area contributed by atoms with Gasteiger partial charge in [-0.15, -0.1) is 0 Å². The van der Waals surface area contributed by atoms with Gasteiger partial charge < -0.3 is 10.2 Å². The van der Waals surface area contributed by atoms with Crippen LogP contribution in [0.15, 0.2) is 24.3 Å². The van der Waals surface area contributed by atoms with Crippen molar-refractivity contribution in [3.63, 3.8) is 0 Å². The minimum atomic E-state index is -2.80. The molecule has 18 heavy (non-hydrogen) atoms. The minimum Gasteiger partial charge on any atom is -0.369 e. The summed E-state index contributed by atoms with van der Waals surface area (Å²) < 4.78 is 22.7. The highest BCUT2D eigenvalue weighted by Gasteiger charge is 2.21. The number of hydrogen-bond donors (Lipinski definition) is 1. The summed E-state index contributed by atoms with van der Waals surface area (Å²) in [5.74, 6) is 0.531. The molecule has 0 radical (unpaired) electrons. The summed E-state index contributed by atoms with van der Waals surface area (Å²) in [7, 11) is -0.862. The van der Waals surface area contributed by atoms with Gasteiger partial charge in [-0.05, 0) is 31.7 Å². The fourth-order valence-electron chi connectivity index (χ4n) is 2.11. The molecule has 0 aliphatic carbocycles. The van der Waals surface area contributed by atoms with E-state index < -0.39 is 9.84 Å². The van der Waals surface area contributed by atoms with Crippen molar-refractivity contribution in [1.29, 1.82) is 0 Å². The Morgan fingerprint density at radius 3 is 2.22 bits per heavy atom. The highest BCUT2D eigenvalue weighted by Crippen LogP contribution is 2.20. The largest absolute Gasteiger partial charge is 0.369 e. The predicted octanol–water partition coefficient (Wildman–Crippen LogP) is 1.20. The average Bonchev–Trinajstić information content (AvgIpc) is 2.38. The number of anilines is 1. The van der Waals surface area contributed by atoms with E-state index in [2.05, 4.69) is 41.4 Å². The van der Waals surface area contributed by atoms with Crippen molar-refractivity contribution >= 4 is 15.5 Å². The first-order valence-electron chi connectivity index (χ1n) is 6.24. The van der Waals surface area contributed by atoms with Crippen LogP contribution < -0.4 is 10.2 Å². The molecule has 1 atom stereocenters. The highest BCUT2D eigenvalue weighted by atomic mass is 32.2. The lowest BCUT2D eigenvalue weighted by atomic mass is 10.1. The van der Waals surface area contributed by atoms with Crippen molar-refractivity contribution in [2.45, 2.75) is 13.0 Å². The molecule has 100 valence electrons. The SMILES string of the molecule is CNC(C)c1ccc(N2CCS(=O)(=O)CC2)cc1. The topological polar surface area (TPSA) is 49.4 Å². The Kier molecular flexibility index (Phi) is 3.92. The van der Waals surface area contributed by atoms with Gasteiger partial charge in [0.15, 0.2) is 9.84 Å². The Hall–Kier alpha value is -1.07. The Morgan fingerprint density at radius 2 is 1.72 bits per heavy atom. The fraction of sp³-hybridized carbons (Fsp3) is 0.538. The molecule has 1 aromatic carbocycles. The molecule has 1 fully saturated rings. The van der Waals surface area contributed by atoms with E-state index in [1.807, 2.05) is 7.05 Å². The van der Waals surface area contributed by atoms with E-state index in [1.54, 1.807) is 0 Å². The van der Waals surface area contributed by atoms with Crippen LogP contribution in [-0.2, 0) is 9.84 Å². The highest BCUT2D eigenvalue weighted by molar-refractivity contribution is 7.91. The van der Waals surface area contributed by atoms with Gasteiger partial charge in [0.05, 0.1) is 11.5 Å². The van der Waals surface area contributed by atoms with Gasteiger partial charge in [-0.25, -0.2) is 8.42 Å². The maximum Gasteiger partial charge on any atom is 0.153 e. The first kappa shape index (κ1) is 13.4. The molecule has 1 N–H and O–H groups in total. The van der Waals surface area contributed by atoms with Gasteiger partial charge in [0.1, 0.15) is 0 Å². The molecule has 0 spiro atoms. The minimum absolute atomic E-state index is 0.266. The van der Waals surface area contributed by atoms with Crippen molar-refractivity contribution < 1.29 is 8.42 Å². The van der Waals surface area contributed by atoms with Crippen molar-refractivity contribution in [3.8, 4) is 0 Å². The van der Waals surface area contributed by atoms with Crippen LogP contribution in [0.5, 0.6) is 0 Å². The van der Waals surface area contributed by atoms with Crippen molar-refractivity contribution in [1.82, 2.24) is 5.32 Å². The zero-order chi connectivity index (χ0) is 13.2. The van der Waals surface area contributed by atoms with E-state index in [-0.39, 0.29) is 11.5 Å². The van der Waals surface area contributed by atoms with Crippen LogP contribution in [0, 0.1) is 0 Å². The summed E-state index contributed by atoms with van der Waals surface area (Å²) in [6.45, 7) is 3.31. The molecule has 1 aliphatic rings. The molecule has 2 rings (SSSR count). The van der Waals surface area contributed by atoms with Crippen LogP contribution in [0.4, 0.5) is 5.69 Å². The summed E-state index contributed by atoms with van der Waals surface area (Å²) in [6.07, 6.45) is 0. The van der Waals surface area contributed by atoms with E-state index >= 15 is 0 Å². The van der Waals surface area contributed by atoms with Crippen molar-refractivity contribution in [3.05, 3.63) is 29.8 Å². The molecule has 1 heterocycles. The molecular weight excluding hydrogens is 248 g/mol. The smallest absolute Gasteiger partial charge is 0.153 e. The van der Waals surface area contributed by atoms with Crippen LogP contribution >= 0.6 is 0 Å². The lowest BCUT2D eigenvalue weighted by molar-refractivity contribution is 0.587. The summed E-state index contributed by atoms with van der Waals surface area (Å²) in [5.41, 5.74) is 2.35. The summed E-state index contributed by atoms with van der Waals surface area (Å²) >= 11 is 0. The Balaban J connectivity index is 2.07. The Bertz CT molecular complexity index is 482. The molecule has 0 saturated carbocycles. The monoisotopic (exact) mass is 268 g/mol. The van der Waals surface area contributed by atoms with Crippen LogP contribution in [-0.4, -0.2) is 40.1 Å². The third-order valence-corrected chi connectivity index (χ3v) is 5.14.